The second-order valence-electron chi connectivity index (χ2n) is 9.17. The molecule has 7 heteroatoms. The second-order valence-corrected chi connectivity index (χ2v) is 9.17. The molecular formula is C29H27N3O4. The van der Waals surface area contributed by atoms with Gasteiger partial charge in [0.2, 0.25) is 5.91 Å². The molecule has 1 amide bonds. The largest absolute Gasteiger partial charge is 0.440 e. The highest BCUT2D eigenvalue weighted by Crippen LogP contribution is 2.47. The number of hydrogen-bond acceptors (Lipinski definition) is 6. The molecular weight excluding hydrogens is 454 g/mol. The van der Waals surface area contributed by atoms with E-state index in [1.807, 2.05) is 42.5 Å². The van der Waals surface area contributed by atoms with E-state index in [0.717, 1.165) is 39.9 Å². The number of hydrogen-bond donors (Lipinski definition) is 2. The average Bonchev–Trinajstić information content (AvgIpc) is 3.29. The standard InChI is InChI=1S/C29H27N3O4/c30-11-10-26(34)31-24-9-8-20(23-16-18-4-1-2-5-19(18)28(23)24)21-6-3-7-22-25(33)17-27(36-29(21)22)32-12-14-35-15-13-32/h1-9,17H,10-16,30H2,(H,31,34). The van der Waals surface area contributed by atoms with Gasteiger partial charge in [0.25, 0.3) is 0 Å². The monoisotopic (exact) mass is 481 g/mol. The van der Waals surface area contributed by atoms with Gasteiger partial charge in [-0.3, -0.25) is 9.59 Å². The molecule has 1 fully saturated rings. The first-order valence-electron chi connectivity index (χ1n) is 12.3. The van der Waals surface area contributed by atoms with Crippen LogP contribution in [-0.2, 0) is 16.0 Å². The molecule has 1 aliphatic heterocycles. The fourth-order valence-electron chi connectivity index (χ4n) is 5.26. The summed E-state index contributed by atoms with van der Waals surface area (Å²) in [6.45, 7) is 2.86. The van der Waals surface area contributed by atoms with Gasteiger partial charge in [-0.05, 0) is 40.8 Å². The Balaban J connectivity index is 1.54. The normalized spacial score (nSPS) is 14.5. The molecule has 6 rings (SSSR count). The van der Waals surface area contributed by atoms with Crippen LogP contribution in [0, 0.1) is 0 Å². The molecule has 1 saturated heterocycles. The molecule has 4 aromatic rings. The fourth-order valence-corrected chi connectivity index (χ4v) is 5.26. The Hall–Kier alpha value is -3.94. The number of nitrogens with two attached hydrogens (primary N) is 1. The number of benzene rings is 3. The van der Waals surface area contributed by atoms with Crippen LogP contribution < -0.4 is 21.4 Å². The Labute approximate surface area is 208 Å². The third-order valence-electron chi connectivity index (χ3n) is 6.97. The first kappa shape index (κ1) is 22.5. The van der Waals surface area contributed by atoms with Gasteiger partial charge in [0.1, 0.15) is 5.58 Å². The molecule has 182 valence electrons. The van der Waals surface area contributed by atoms with E-state index in [2.05, 4.69) is 22.3 Å². The highest BCUT2D eigenvalue weighted by atomic mass is 16.5. The molecule has 0 bridgehead atoms. The maximum absolute atomic E-state index is 13.1. The van der Waals surface area contributed by atoms with Crippen molar-refractivity contribution in [3.8, 4) is 22.3 Å². The number of amides is 1. The Morgan fingerprint density at radius 3 is 2.61 bits per heavy atom. The van der Waals surface area contributed by atoms with E-state index in [-0.39, 0.29) is 17.8 Å². The van der Waals surface area contributed by atoms with Crippen LogP contribution in [0.2, 0.25) is 0 Å². The summed E-state index contributed by atoms with van der Waals surface area (Å²) in [6.07, 6.45) is 0.988. The summed E-state index contributed by atoms with van der Waals surface area (Å²) in [7, 11) is 0. The summed E-state index contributed by atoms with van der Waals surface area (Å²) in [5.74, 6) is 0.456. The third-order valence-corrected chi connectivity index (χ3v) is 6.97. The van der Waals surface area contributed by atoms with E-state index < -0.39 is 0 Å². The van der Waals surface area contributed by atoms with Crippen LogP contribution in [-0.4, -0.2) is 38.8 Å². The summed E-state index contributed by atoms with van der Waals surface area (Å²) < 4.78 is 11.9. The zero-order valence-electron chi connectivity index (χ0n) is 19.9. The minimum absolute atomic E-state index is 0.0646. The Kier molecular flexibility index (Phi) is 5.79. The van der Waals surface area contributed by atoms with Crippen molar-refractivity contribution in [3.63, 3.8) is 0 Å². The first-order chi connectivity index (χ1) is 17.6. The molecule has 36 heavy (non-hydrogen) atoms. The SMILES string of the molecule is NCCC(=O)Nc1ccc(-c2cccc3c(=O)cc(N4CCOCC4)oc23)c2c1-c1ccccc1C2. The average molecular weight is 482 g/mol. The quantitative estimate of drug-likeness (QED) is 0.391. The van der Waals surface area contributed by atoms with E-state index in [9.17, 15) is 9.59 Å². The van der Waals surface area contributed by atoms with Crippen LogP contribution in [0.15, 0.2) is 69.9 Å². The van der Waals surface area contributed by atoms with Gasteiger partial charge in [-0.1, -0.05) is 42.5 Å². The van der Waals surface area contributed by atoms with Crippen molar-refractivity contribution in [2.24, 2.45) is 5.73 Å². The lowest BCUT2D eigenvalue weighted by Crippen LogP contribution is -2.36. The minimum Gasteiger partial charge on any atom is -0.440 e. The minimum atomic E-state index is -0.108. The van der Waals surface area contributed by atoms with Crippen LogP contribution in [0.25, 0.3) is 33.2 Å². The second kappa shape index (κ2) is 9.26. The lowest BCUT2D eigenvalue weighted by Gasteiger charge is -2.27. The number of morpholine rings is 1. The van der Waals surface area contributed by atoms with Gasteiger partial charge in [0.15, 0.2) is 11.3 Å². The summed E-state index contributed by atoms with van der Waals surface area (Å²) in [5, 5.41) is 3.60. The van der Waals surface area contributed by atoms with E-state index in [0.29, 0.717) is 49.7 Å². The van der Waals surface area contributed by atoms with Gasteiger partial charge in [-0.25, -0.2) is 0 Å². The first-order valence-corrected chi connectivity index (χ1v) is 12.3. The highest BCUT2D eigenvalue weighted by Gasteiger charge is 2.27. The number of carbonyl (C=O) groups is 1. The smallest absolute Gasteiger partial charge is 0.225 e. The molecule has 1 aliphatic carbocycles. The number of nitrogens with one attached hydrogen (secondary N) is 1. The number of ether oxygens (including phenoxy) is 1. The van der Waals surface area contributed by atoms with Crippen LogP contribution in [0.1, 0.15) is 17.5 Å². The van der Waals surface area contributed by atoms with Crippen molar-refractivity contribution < 1.29 is 13.9 Å². The fraction of sp³-hybridized carbons (Fsp3) is 0.241. The molecule has 1 aromatic heterocycles. The lowest BCUT2D eigenvalue weighted by molar-refractivity contribution is -0.116. The van der Waals surface area contributed by atoms with Gasteiger partial charge < -0.3 is 25.1 Å². The van der Waals surface area contributed by atoms with Gasteiger partial charge >= 0.3 is 0 Å². The zero-order valence-corrected chi connectivity index (χ0v) is 19.9. The number of para-hydroxylation sites is 1. The Morgan fingerprint density at radius 1 is 0.972 bits per heavy atom. The molecule has 3 N–H and O–H groups in total. The van der Waals surface area contributed by atoms with Crippen molar-refractivity contribution >= 4 is 28.4 Å². The Morgan fingerprint density at radius 2 is 1.78 bits per heavy atom. The van der Waals surface area contributed by atoms with E-state index >= 15 is 0 Å². The third kappa shape index (κ3) is 3.86. The molecule has 0 atom stereocenters. The predicted molar refractivity (Wildman–Crippen MR) is 141 cm³/mol. The number of nitrogens with zero attached hydrogens (tertiary/aromatic N) is 1. The maximum atomic E-state index is 13.1. The molecule has 0 saturated carbocycles. The molecule has 7 nitrogen and oxygen atoms in total. The Bertz CT molecular complexity index is 1540. The van der Waals surface area contributed by atoms with Crippen molar-refractivity contribution in [1.29, 1.82) is 0 Å². The van der Waals surface area contributed by atoms with Crippen LogP contribution >= 0.6 is 0 Å². The number of rotatable bonds is 5. The molecule has 2 aliphatic rings. The van der Waals surface area contributed by atoms with Crippen molar-refractivity contribution in [2.75, 3.05) is 43.1 Å². The van der Waals surface area contributed by atoms with E-state index in [1.165, 1.54) is 5.56 Å². The lowest BCUT2D eigenvalue weighted by atomic mass is 9.93. The van der Waals surface area contributed by atoms with Crippen molar-refractivity contribution in [3.05, 3.63) is 82.0 Å². The van der Waals surface area contributed by atoms with Crippen LogP contribution in [0.3, 0.4) is 0 Å². The number of anilines is 2. The summed E-state index contributed by atoms with van der Waals surface area (Å²) in [4.78, 5) is 27.6. The summed E-state index contributed by atoms with van der Waals surface area (Å²) >= 11 is 0. The van der Waals surface area contributed by atoms with E-state index in [4.69, 9.17) is 14.9 Å². The topological polar surface area (TPSA) is 97.8 Å². The zero-order chi connectivity index (χ0) is 24.6. The molecule has 0 radical (unpaired) electrons. The van der Waals surface area contributed by atoms with Crippen LogP contribution in [0.5, 0.6) is 0 Å². The van der Waals surface area contributed by atoms with Gasteiger partial charge in [-0.2, -0.15) is 0 Å². The van der Waals surface area contributed by atoms with Crippen molar-refractivity contribution in [2.45, 2.75) is 12.8 Å². The van der Waals surface area contributed by atoms with Crippen molar-refractivity contribution in [1.82, 2.24) is 0 Å². The van der Waals surface area contributed by atoms with Gasteiger partial charge in [-0.15, -0.1) is 0 Å². The highest BCUT2D eigenvalue weighted by molar-refractivity contribution is 6.02. The number of carbonyl (C=O) groups excluding carboxylic acids is 1. The number of fused-ring (bicyclic) bond motifs is 4. The molecule has 0 unspecified atom stereocenters. The maximum Gasteiger partial charge on any atom is 0.225 e. The molecule has 0 spiro atoms. The summed E-state index contributed by atoms with van der Waals surface area (Å²) in [6, 6.07) is 19.5. The predicted octanol–water partition coefficient (Wildman–Crippen LogP) is 4.16. The summed E-state index contributed by atoms with van der Waals surface area (Å²) in [5.41, 5.74) is 13.2. The molecule has 3 aromatic carbocycles. The van der Waals surface area contributed by atoms with Gasteiger partial charge in [0, 0.05) is 48.9 Å². The van der Waals surface area contributed by atoms with Crippen LogP contribution in [0.4, 0.5) is 11.6 Å². The molecule has 2 heterocycles. The van der Waals surface area contributed by atoms with E-state index in [1.54, 1.807) is 6.07 Å². The van der Waals surface area contributed by atoms with Gasteiger partial charge in [0.05, 0.1) is 18.6 Å².